The Labute approximate surface area is 209 Å². The molecule has 3 aromatic carbocycles. The van der Waals surface area contributed by atoms with Gasteiger partial charge in [0, 0.05) is 5.69 Å². The van der Waals surface area contributed by atoms with Crippen molar-refractivity contribution in [3.05, 3.63) is 103 Å². The Morgan fingerprint density at radius 2 is 1.72 bits per heavy atom. The van der Waals surface area contributed by atoms with Gasteiger partial charge >= 0.3 is 0 Å². The number of rotatable bonds is 7. The molecule has 0 bridgehead atoms. The number of hydrogen-bond acceptors (Lipinski definition) is 6. The van der Waals surface area contributed by atoms with Crippen molar-refractivity contribution in [2.24, 2.45) is 16.8 Å². The van der Waals surface area contributed by atoms with Gasteiger partial charge in [-0.2, -0.15) is 5.10 Å². The number of primary amides is 1. The van der Waals surface area contributed by atoms with Crippen molar-refractivity contribution in [2.45, 2.75) is 18.6 Å². The molecule has 1 saturated heterocycles. The van der Waals surface area contributed by atoms with Crippen LogP contribution in [0.5, 0.6) is 11.5 Å². The second-order valence-electron chi connectivity index (χ2n) is 8.67. The van der Waals surface area contributed by atoms with E-state index >= 15 is 0 Å². The summed E-state index contributed by atoms with van der Waals surface area (Å²) in [5.74, 6) is 0.0480. The molecule has 36 heavy (non-hydrogen) atoms. The van der Waals surface area contributed by atoms with Crippen LogP contribution in [0.25, 0.3) is 0 Å². The fourth-order valence-electron chi connectivity index (χ4n) is 4.76. The largest absolute Gasteiger partial charge is 0.457 e. The SMILES string of the molecule is C=CC(=O)Nc1ccccc1C1CCNC2C(C(N)=O)C(c3ccc(Oc4ccccc4)cc3)=NN12. The zero-order chi connectivity index (χ0) is 25.1. The Hall–Kier alpha value is -4.43. The number of benzene rings is 3. The zero-order valence-corrected chi connectivity index (χ0v) is 19.6. The lowest BCUT2D eigenvalue weighted by molar-refractivity contribution is -0.122. The van der Waals surface area contributed by atoms with Gasteiger partial charge in [-0.05, 0) is 72.6 Å². The number of ether oxygens (including phenoxy) is 1. The van der Waals surface area contributed by atoms with Crippen molar-refractivity contribution >= 4 is 23.2 Å². The molecule has 4 N–H and O–H groups in total. The summed E-state index contributed by atoms with van der Waals surface area (Å²) in [6.07, 6.45) is 1.59. The molecule has 0 spiro atoms. The van der Waals surface area contributed by atoms with Crippen molar-refractivity contribution in [2.75, 3.05) is 11.9 Å². The molecule has 2 amide bonds. The number of nitrogens with zero attached hydrogens (tertiary/aromatic N) is 2. The summed E-state index contributed by atoms with van der Waals surface area (Å²) in [5, 5.41) is 13.1. The highest BCUT2D eigenvalue weighted by Crippen LogP contribution is 2.39. The van der Waals surface area contributed by atoms with Crippen LogP contribution in [0.3, 0.4) is 0 Å². The number of hydrazone groups is 1. The number of anilines is 1. The average molecular weight is 482 g/mol. The molecular formula is C28H27N5O3. The van der Waals surface area contributed by atoms with Crippen LogP contribution in [0.2, 0.25) is 0 Å². The molecule has 5 rings (SSSR count). The number of carbonyl (C=O) groups is 2. The summed E-state index contributed by atoms with van der Waals surface area (Å²) in [7, 11) is 0. The van der Waals surface area contributed by atoms with Gasteiger partial charge in [0.15, 0.2) is 0 Å². The quantitative estimate of drug-likeness (QED) is 0.445. The lowest BCUT2D eigenvalue weighted by atomic mass is 9.91. The van der Waals surface area contributed by atoms with Crippen LogP contribution in [0.1, 0.15) is 23.6 Å². The topological polar surface area (TPSA) is 109 Å². The van der Waals surface area contributed by atoms with Gasteiger partial charge in [-0.15, -0.1) is 0 Å². The van der Waals surface area contributed by atoms with E-state index in [1.807, 2.05) is 83.9 Å². The monoisotopic (exact) mass is 481 g/mol. The molecule has 2 aliphatic heterocycles. The van der Waals surface area contributed by atoms with E-state index in [1.54, 1.807) is 0 Å². The molecule has 0 aromatic heterocycles. The third-order valence-corrected chi connectivity index (χ3v) is 6.41. The molecule has 8 nitrogen and oxygen atoms in total. The first kappa shape index (κ1) is 23.3. The molecule has 3 atom stereocenters. The van der Waals surface area contributed by atoms with Gasteiger partial charge in [0.05, 0.1) is 11.8 Å². The molecule has 8 heteroatoms. The minimum atomic E-state index is -0.636. The van der Waals surface area contributed by atoms with Gasteiger partial charge in [-0.25, -0.2) is 0 Å². The van der Waals surface area contributed by atoms with Crippen LogP contribution in [0.15, 0.2) is 96.6 Å². The number of para-hydroxylation sites is 2. The fraction of sp³-hybridized carbons (Fsp3) is 0.179. The van der Waals surface area contributed by atoms with Crippen LogP contribution >= 0.6 is 0 Å². The maximum Gasteiger partial charge on any atom is 0.247 e. The first-order valence-corrected chi connectivity index (χ1v) is 11.8. The third-order valence-electron chi connectivity index (χ3n) is 6.41. The van der Waals surface area contributed by atoms with Crippen molar-refractivity contribution in [3.8, 4) is 11.5 Å². The normalized spacial score (nSPS) is 20.7. The highest BCUT2D eigenvalue weighted by molar-refractivity contribution is 6.14. The third kappa shape index (κ3) is 4.58. The van der Waals surface area contributed by atoms with Crippen LogP contribution in [0.4, 0.5) is 5.69 Å². The summed E-state index contributed by atoms with van der Waals surface area (Å²) in [5.41, 5.74) is 8.89. The number of hydrogen-bond donors (Lipinski definition) is 3. The molecular weight excluding hydrogens is 454 g/mol. The Morgan fingerprint density at radius 1 is 1.03 bits per heavy atom. The van der Waals surface area contributed by atoms with Gasteiger partial charge in [0.2, 0.25) is 11.8 Å². The Kier molecular flexibility index (Phi) is 6.51. The van der Waals surface area contributed by atoms with Crippen LogP contribution in [-0.4, -0.2) is 35.2 Å². The number of nitrogens with two attached hydrogens (primary N) is 1. The molecule has 3 aromatic rings. The smallest absolute Gasteiger partial charge is 0.247 e. The second kappa shape index (κ2) is 10.1. The van der Waals surface area contributed by atoms with Gasteiger partial charge in [0.25, 0.3) is 0 Å². The number of fused-ring (bicyclic) bond motifs is 1. The molecule has 0 saturated carbocycles. The van der Waals surface area contributed by atoms with E-state index in [0.717, 1.165) is 23.3 Å². The van der Waals surface area contributed by atoms with Crippen LogP contribution in [0, 0.1) is 5.92 Å². The molecule has 182 valence electrons. The number of nitrogens with one attached hydrogen (secondary N) is 2. The summed E-state index contributed by atoms with van der Waals surface area (Å²) < 4.78 is 5.90. The molecule has 0 radical (unpaired) electrons. The number of amides is 2. The fourth-order valence-corrected chi connectivity index (χ4v) is 4.76. The van der Waals surface area contributed by atoms with E-state index in [-0.39, 0.29) is 18.1 Å². The summed E-state index contributed by atoms with van der Waals surface area (Å²) >= 11 is 0. The highest BCUT2D eigenvalue weighted by atomic mass is 16.5. The lowest BCUT2D eigenvalue weighted by Crippen LogP contribution is -2.54. The molecule has 0 aliphatic carbocycles. The molecule has 1 fully saturated rings. The van der Waals surface area contributed by atoms with Crippen molar-refractivity contribution in [1.82, 2.24) is 10.3 Å². The van der Waals surface area contributed by atoms with E-state index < -0.39 is 11.8 Å². The van der Waals surface area contributed by atoms with E-state index in [9.17, 15) is 9.59 Å². The first-order valence-electron chi connectivity index (χ1n) is 11.8. The number of carbonyl (C=O) groups excluding carboxylic acids is 2. The lowest BCUT2D eigenvalue weighted by Gasteiger charge is -2.39. The predicted molar refractivity (Wildman–Crippen MR) is 138 cm³/mol. The molecule has 2 aliphatic rings. The highest BCUT2D eigenvalue weighted by Gasteiger charge is 2.46. The van der Waals surface area contributed by atoms with Crippen LogP contribution in [-0.2, 0) is 9.59 Å². The molecule has 3 unspecified atom stereocenters. The first-order chi connectivity index (χ1) is 17.5. The zero-order valence-electron chi connectivity index (χ0n) is 19.6. The summed E-state index contributed by atoms with van der Waals surface area (Å²) in [6, 6.07) is 24.5. The van der Waals surface area contributed by atoms with Crippen LogP contribution < -0.4 is 21.1 Å². The van der Waals surface area contributed by atoms with Crippen molar-refractivity contribution in [1.29, 1.82) is 0 Å². The van der Waals surface area contributed by atoms with Gasteiger partial charge in [-0.3, -0.25) is 19.9 Å². The Balaban J connectivity index is 1.46. The van der Waals surface area contributed by atoms with E-state index in [1.165, 1.54) is 6.08 Å². The van der Waals surface area contributed by atoms with Gasteiger partial charge in [-0.1, -0.05) is 43.0 Å². The molecule has 2 heterocycles. The van der Waals surface area contributed by atoms with Crippen molar-refractivity contribution < 1.29 is 14.3 Å². The minimum Gasteiger partial charge on any atom is -0.457 e. The van der Waals surface area contributed by atoms with Crippen molar-refractivity contribution in [3.63, 3.8) is 0 Å². The minimum absolute atomic E-state index is 0.155. The predicted octanol–water partition coefficient (Wildman–Crippen LogP) is 3.79. The Bertz CT molecular complexity index is 1310. The van der Waals surface area contributed by atoms with E-state index in [2.05, 4.69) is 17.2 Å². The second-order valence-corrected chi connectivity index (χ2v) is 8.67. The Morgan fingerprint density at radius 3 is 2.44 bits per heavy atom. The van der Waals surface area contributed by atoms with E-state index in [4.69, 9.17) is 15.6 Å². The standard InChI is InChI=1S/C28H27N5O3/c1-2-24(34)31-22-11-7-6-10-21(22)23-16-17-30-28-25(27(29)35)26(32-33(23)28)18-12-14-20(15-13-18)36-19-8-4-3-5-9-19/h2-15,23,25,28,30H,1,16-17H2,(H2,29,35)(H,31,34). The van der Waals surface area contributed by atoms with E-state index in [0.29, 0.717) is 23.7 Å². The maximum atomic E-state index is 12.6. The summed E-state index contributed by atoms with van der Waals surface area (Å²) in [6.45, 7) is 4.21. The summed E-state index contributed by atoms with van der Waals surface area (Å²) in [4.78, 5) is 24.6. The van der Waals surface area contributed by atoms with Gasteiger partial charge < -0.3 is 15.8 Å². The maximum absolute atomic E-state index is 12.6. The average Bonchev–Trinajstić information content (AvgIpc) is 3.30. The van der Waals surface area contributed by atoms with Gasteiger partial charge in [0.1, 0.15) is 23.6 Å².